The number of rotatable bonds is 4. The van der Waals surface area contributed by atoms with Crippen molar-refractivity contribution in [2.45, 2.75) is 23.9 Å². The molecule has 0 bridgehead atoms. The highest BCUT2D eigenvalue weighted by atomic mass is 32.2. The monoisotopic (exact) mass is 343 g/mol. The molecule has 1 aliphatic rings. The van der Waals surface area contributed by atoms with Crippen LogP contribution in [0.1, 0.15) is 11.6 Å². The molecular weight excluding hydrogens is 328 g/mol. The van der Waals surface area contributed by atoms with Crippen LogP contribution in [-0.2, 0) is 10.0 Å². The number of aryl methyl sites for hydroxylation is 1. The first-order chi connectivity index (χ1) is 10.9. The SMILES string of the molecule is Cc1cc(S(=O)(=O)N[C@@H]2CNC[C@@H]2n2ccnn2)c(F)cc1F. The number of nitrogens with zero attached hydrogens (tertiary/aromatic N) is 3. The summed E-state index contributed by atoms with van der Waals surface area (Å²) < 4.78 is 56.1. The van der Waals surface area contributed by atoms with E-state index in [1.54, 1.807) is 10.9 Å². The summed E-state index contributed by atoms with van der Waals surface area (Å²) in [6, 6.07) is 0.759. The van der Waals surface area contributed by atoms with Crippen LogP contribution >= 0.6 is 0 Å². The third-order valence-electron chi connectivity index (χ3n) is 3.77. The molecule has 2 heterocycles. The van der Waals surface area contributed by atoms with E-state index in [-0.39, 0.29) is 11.6 Å². The van der Waals surface area contributed by atoms with Gasteiger partial charge in [0.05, 0.1) is 18.3 Å². The van der Waals surface area contributed by atoms with E-state index >= 15 is 0 Å². The van der Waals surface area contributed by atoms with Gasteiger partial charge >= 0.3 is 0 Å². The summed E-state index contributed by atoms with van der Waals surface area (Å²) in [5.74, 6) is -1.91. The Balaban J connectivity index is 1.88. The van der Waals surface area contributed by atoms with Gasteiger partial charge in [0.2, 0.25) is 10.0 Å². The topological polar surface area (TPSA) is 88.9 Å². The van der Waals surface area contributed by atoms with Gasteiger partial charge in [-0.05, 0) is 18.6 Å². The molecule has 0 aliphatic carbocycles. The zero-order chi connectivity index (χ0) is 16.6. The second-order valence-corrected chi connectivity index (χ2v) is 7.05. The highest BCUT2D eigenvalue weighted by Crippen LogP contribution is 2.22. The number of hydrogen-bond donors (Lipinski definition) is 2. The van der Waals surface area contributed by atoms with Crippen LogP contribution in [0.5, 0.6) is 0 Å². The number of nitrogens with one attached hydrogen (secondary N) is 2. The summed E-state index contributed by atoms with van der Waals surface area (Å²) in [5, 5.41) is 10.6. The van der Waals surface area contributed by atoms with Gasteiger partial charge in [-0.2, -0.15) is 0 Å². The Morgan fingerprint density at radius 1 is 1.30 bits per heavy atom. The van der Waals surface area contributed by atoms with Crippen molar-refractivity contribution in [3.05, 3.63) is 41.7 Å². The summed E-state index contributed by atoms with van der Waals surface area (Å²) in [4.78, 5) is -0.569. The predicted molar refractivity (Wildman–Crippen MR) is 77.1 cm³/mol. The third-order valence-corrected chi connectivity index (χ3v) is 5.28. The molecule has 0 amide bonds. The number of sulfonamides is 1. The normalized spacial score (nSPS) is 21.7. The first-order valence-corrected chi connectivity index (χ1v) is 8.41. The van der Waals surface area contributed by atoms with Crippen molar-refractivity contribution in [1.82, 2.24) is 25.0 Å². The van der Waals surface area contributed by atoms with Gasteiger partial charge in [0, 0.05) is 25.4 Å². The Labute approximate surface area is 131 Å². The van der Waals surface area contributed by atoms with Crippen LogP contribution in [0.25, 0.3) is 0 Å². The summed E-state index contributed by atoms with van der Waals surface area (Å²) >= 11 is 0. The second kappa shape index (κ2) is 5.95. The van der Waals surface area contributed by atoms with E-state index in [4.69, 9.17) is 0 Å². The van der Waals surface area contributed by atoms with Crippen LogP contribution in [0, 0.1) is 18.6 Å². The summed E-state index contributed by atoms with van der Waals surface area (Å²) in [5.41, 5.74) is 0.0594. The molecule has 10 heteroatoms. The molecule has 2 atom stereocenters. The van der Waals surface area contributed by atoms with Gasteiger partial charge in [-0.3, -0.25) is 0 Å². The van der Waals surface area contributed by atoms with Crippen LogP contribution in [0.15, 0.2) is 29.4 Å². The van der Waals surface area contributed by atoms with Gasteiger partial charge in [-0.25, -0.2) is 26.6 Å². The number of benzene rings is 1. The number of hydrogen-bond acceptors (Lipinski definition) is 5. The molecule has 0 spiro atoms. The van der Waals surface area contributed by atoms with Crippen LogP contribution in [-0.4, -0.2) is 42.5 Å². The Kier molecular flexibility index (Phi) is 4.13. The first kappa shape index (κ1) is 16.0. The minimum Gasteiger partial charge on any atom is -0.313 e. The van der Waals surface area contributed by atoms with Gasteiger partial charge in [-0.1, -0.05) is 5.21 Å². The highest BCUT2D eigenvalue weighted by molar-refractivity contribution is 7.89. The highest BCUT2D eigenvalue weighted by Gasteiger charge is 2.34. The van der Waals surface area contributed by atoms with E-state index in [1.807, 2.05) is 0 Å². The molecule has 3 rings (SSSR count). The van der Waals surface area contributed by atoms with Gasteiger partial charge in [-0.15, -0.1) is 5.10 Å². The maximum Gasteiger partial charge on any atom is 0.243 e. The molecule has 23 heavy (non-hydrogen) atoms. The van der Waals surface area contributed by atoms with Crippen molar-refractivity contribution in [1.29, 1.82) is 0 Å². The van der Waals surface area contributed by atoms with Crippen LogP contribution in [0.4, 0.5) is 8.78 Å². The van der Waals surface area contributed by atoms with Gasteiger partial charge in [0.1, 0.15) is 16.5 Å². The van der Waals surface area contributed by atoms with Crippen molar-refractivity contribution in [2.75, 3.05) is 13.1 Å². The Morgan fingerprint density at radius 2 is 2.09 bits per heavy atom. The smallest absolute Gasteiger partial charge is 0.243 e. The van der Waals surface area contributed by atoms with Gasteiger partial charge in [0.25, 0.3) is 0 Å². The van der Waals surface area contributed by atoms with E-state index in [2.05, 4.69) is 20.4 Å². The third kappa shape index (κ3) is 3.09. The van der Waals surface area contributed by atoms with E-state index in [1.165, 1.54) is 13.1 Å². The molecule has 7 nitrogen and oxygen atoms in total. The lowest BCUT2D eigenvalue weighted by Crippen LogP contribution is -2.41. The average molecular weight is 343 g/mol. The molecule has 124 valence electrons. The minimum atomic E-state index is -4.13. The Morgan fingerprint density at radius 3 is 2.78 bits per heavy atom. The summed E-state index contributed by atoms with van der Waals surface area (Å²) in [6.07, 6.45) is 3.12. The standard InChI is InChI=1S/C13H15F2N5O2S/c1-8-4-13(10(15)5-9(8)14)23(21,22)18-11-6-16-7-12(11)20-3-2-17-19-20/h2-5,11-12,16,18H,6-7H2,1H3/t11-,12+/m1/s1. The molecule has 0 unspecified atom stereocenters. The lowest BCUT2D eigenvalue weighted by molar-refractivity contribution is 0.412. The molecule has 1 aliphatic heterocycles. The lowest BCUT2D eigenvalue weighted by Gasteiger charge is -2.20. The molecule has 2 aromatic rings. The zero-order valence-corrected chi connectivity index (χ0v) is 13.0. The molecule has 1 saturated heterocycles. The van der Waals surface area contributed by atoms with Crippen LogP contribution < -0.4 is 10.0 Å². The first-order valence-electron chi connectivity index (χ1n) is 6.93. The van der Waals surface area contributed by atoms with Crippen molar-refractivity contribution < 1.29 is 17.2 Å². The van der Waals surface area contributed by atoms with E-state index in [9.17, 15) is 17.2 Å². The zero-order valence-electron chi connectivity index (χ0n) is 12.2. The average Bonchev–Trinajstić information content (AvgIpc) is 3.12. The fourth-order valence-electron chi connectivity index (χ4n) is 2.56. The summed E-state index contributed by atoms with van der Waals surface area (Å²) in [6.45, 7) is 2.25. The fourth-order valence-corrected chi connectivity index (χ4v) is 3.97. The molecule has 1 fully saturated rings. The molecule has 1 aromatic heterocycles. The molecule has 1 aromatic carbocycles. The van der Waals surface area contributed by atoms with Gasteiger partial charge in [0.15, 0.2) is 0 Å². The maximum atomic E-state index is 13.9. The minimum absolute atomic E-state index is 0.0594. The van der Waals surface area contributed by atoms with E-state index < -0.39 is 32.6 Å². The molecule has 0 saturated carbocycles. The lowest BCUT2D eigenvalue weighted by atomic mass is 10.2. The number of halogens is 2. The van der Waals surface area contributed by atoms with Crippen molar-refractivity contribution in [3.63, 3.8) is 0 Å². The van der Waals surface area contributed by atoms with Crippen LogP contribution in [0.2, 0.25) is 0 Å². The molecule has 2 N–H and O–H groups in total. The van der Waals surface area contributed by atoms with Crippen molar-refractivity contribution in [3.8, 4) is 0 Å². The maximum absolute atomic E-state index is 13.9. The predicted octanol–water partition coefficient (Wildman–Crippen LogP) is 0.356. The second-order valence-electron chi connectivity index (χ2n) is 5.37. The molecular formula is C13H15F2N5O2S. The van der Waals surface area contributed by atoms with Crippen molar-refractivity contribution >= 4 is 10.0 Å². The Bertz CT molecular complexity index is 810. The van der Waals surface area contributed by atoms with Gasteiger partial charge < -0.3 is 5.32 Å². The summed E-state index contributed by atoms with van der Waals surface area (Å²) in [7, 11) is -4.13. The van der Waals surface area contributed by atoms with E-state index in [0.29, 0.717) is 19.2 Å². The quantitative estimate of drug-likeness (QED) is 0.837. The Hall–Kier alpha value is -1.91. The van der Waals surface area contributed by atoms with Crippen molar-refractivity contribution in [2.24, 2.45) is 0 Å². The largest absolute Gasteiger partial charge is 0.313 e. The molecule has 0 radical (unpaired) electrons. The van der Waals surface area contributed by atoms with Crippen LogP contribution in [0.3, 0.4) is 0 Å². The fraction of sp³-hybridized carbons (Fsp3) is 0.385. The number of aromatic nitrogens is 3. The van der Waals surface area contributed by atoms with E-state index in [0.717, 1.165) is 6.07 Å².